The predicted octanol–water partition coefficient (Wildman–Crippen LogP) is 3.43. The highest BCUT2D eigenvalue weighted by atomic mass is 35.5. The zero-order valence-corrected chi connectivity index (χ0v) is 17.6. The number of halogens is 5. The van der Waals surface area contributed by atoms with Crippen molar-refractivity contribution in [2.45, 2.75) is 44.6 Å². The zero-order valence-electron chi connectivity index (χ0n) is 16.9. The summed E-state index contributed by atoms with van der Waals surface area (Å²) in [5.74, 6) is -2.38. The van der Waals surface area contributed by atoms with Gasteiger partial charge in [-0.1, -0.05) is 23.6 Å². The van der Waals surface area contributed by atoms with Gasteiger partial charge in [0.1, 0.15) is 11.6 Å². The molecule has 0 radical (unpaired) electrons. The van der Waals surface area contributed by atoms with Gasteiger partial charge in [-0.15, -0.1) is 5.10 Å². The van der Waals surface area contributed by atoms with Gasteiger partial charge in [-0.2, -0.15) is 0 Å². The molecule has 8 nitrogen and oxygen atoms in total. The SMILES string of the molecule is CC(C(F)F)C(F)Oc1nnc([C@H]2CC[C@H](NC(=O)COc3ccc(Cl)c(F)c3)CN2)o1. The number of nitrogens with one attached hydrogen (secondary N) is 2. The zero-order chi connectivity index (χ0) is 23.3. The first-order valence-corrected chi connectivity index (χ1v) is 10.1. The average molecular weight is 481 g/mol. The predicted molar refractivity (Wildman–Crippen MR) is 104 cm³/mol. The molecular weight excluding hydrogens is 460 g/mol. The Kier molecular flexibility index (Phi) is 8.13. The van der Waals surface area contributed by atoms with E-state index in [1.807, 2.05) is 0 Å². The lowest BCUT2D eigenvalue weighted by atomic mass is 10.0. The number of alkyl halides is 3. The maximum Gasteiger partial charge on any atom is 0.417 e. The summed E-state index contributed by atoms with van der Waals surface area (Å²) in [5, 5.41) is 13.1. The highest BCUT2D eigenvalue weighted by molar-refractivity contribution is 6.30. The first kappa shape index (κ1) is 24.1. The smallest absolute Gasteiger partial charge is 0.417 e. The number of aromatic nitrogens is 2. The lowest BCUT2D eigenvalue weighted by Crippen LogP contribution is -2.48. The van der Waals surface area contributed by atoms with Crippen molar-refractivity contribution in [2.24, 2.45) is 5.92 Å². The number of hydrogen-bond donors (Lipinski definition) is 2. The molecule has 0 saturated carbocycles. The van der Waals surface area contributed by atoms with E-state index < -0.39 is 30.6 Å². The van der Waals surface area contributed by atoms with Crippen molar-refractivity contribution >= 4 is 17.5 Å². The molecule has 1 aliphatic rings. The van der Waals surface area contributed by atoms with Crippen LogP contribution in [0.3, 0.4) is 0 Å². The van der Waals surface area contributed by atoms with E-state index in [9.17, 15) is 22.4 Å². The van der Waals surface area contributed by atoms with E-state index in [1.54, 1.807) is 0 Å². The second-order valence-electron chi connectivity index (χ2n) is 7.24. The largest absolute Gasteiger partial charge is 0.484 e. The molecule has 32 heavy (non-hydrogen) atoms. The minimum atomic E-state index is -2.89. The molecule has 2 aromatic rings. The maximum absolute atomic E-state index is 13.6. The highest BCUT2D eigenvalue weighted by Crippen LogP contribution is 2.26. The lowest BCUT2D eigenvalue weighted by molar-refractivity contribution is -0.124. The summed E-state index contributed by atoms with van der Waals surface area (Å²) in [5.41, 5.74) is 0. The van der Waals surface area contributed by atoms with Gasteiger partial charge < -0.3 is 24.5 Å². The van der Waals surface area contributed by atoms with Gasteiger partial charge in [0.05, 0.1) is 17.0 Å². The van der Waals surface area contributed by atoms with E-state index in [2.05, 4.69) is 25.6 Å². The second-order valence-corrected chi connectivity index (χ2v) is 7.64. The molecule has 1 fully saturated rings. The summed E-state index contributed by atoms with van der Waals surface area (Å²) in [6.45, 7) is 1.08. The number of piperidine rings is 1. The Bertz CT molecular complexity index is 911. The molecule has 1 saturated heterocycles. The maximum atomic E-state index is 13.6. The van der Waals surface area contributed by atoms with E-state index in [0.717, 1.165) is 13.0 Å². The standard InChI is InChI=1S/C19H21ClF4N4O4/c1-9(16(22)23)17(24)31-19-28-27-18(32-19)14-5-2-10(7-25-14)26-15(29)8-30-11-3-4-12(20)13(21)6-11/h3-4,6,9-10,14,16-17,25H,2,5,7-8H2,1H3,(H,26,29)/t9?,10-,14+,17?/m0/s1. The minimum absolute atomic E-state index is 0.0446. The molecule has 1 aliphatic heterocycles. The van der Waals surface area contributed by atoms with Crippen LogP contribution in [0.2, 0.25) is 5.02 Å². The first-order chi connectivity index (χ1) is 15.2. The molecule has 2 heterocycles. The van der Waals surface area contributed by atoms with Crippen LogP contribution < -0.4 is 20.1 Å². The second kappa shape index (κ2) is 10.8. The number of amides is 1. The van der Waals surface area contributed by atoms with Crippen LogP contribution in [0.5, 0.6) is 11.8 Å². The van der Waals surface area contributed by atoms with Crippen LogP contribution in [-0.2, 0) is 4.79 Å². The van der Waals surface area contributed by atoms with Gasteiger partial charge in [0.25, 0.3) is 12.3 Å². The van der Waals surface area contributed by atoms with Gasteiger partial charge in [-0.05, 0) is 25.0 Å². The molecule has 2 unspecified atom stereocenters. The third-order valence-electron chi connectivity index (χ3n) is 4.78. The van der Waals surface area contributed by atoms with E-state index in [1.165, 1.54) is 12.1 Å². The summed E-state index contributed by atoms with van der Waals surface area (Å²) in [4.78, 5) is 12.1. The fraction of sp³-hybridized carbons (Fsp3) is 0.526. The number of hydrogen-bond acceptors (Lipinski definition) is 7. The summed E-state index contributed by atoms with van der Waals surface area (Å²) in [6.07, 6.45) is -4.65. The topological polar surface area (TPSA) is 98.5 Å². The summed E-state index contributed by atoms with van der Waals surface area (Å²) < 4.78 is 67.2. The number of rotatable bonds is 9. The number of benzene rings is 1. The van der Waals surface area contributed by atoms with Gasteiger partial charge in [0.15, 0.2) is 6.61 Å². The summed E-state index contributed by atoms with van der Waals surface area (Å²) >= 11 is 5.59. The van der Waals surface area contributed by atoms with Crippen LogP contribution >= 0.6 is 11.6 Å². The first-order valence-electron chi connectivity index (χ1n) is 9.75. The van der Waals surface area contributed by atoms with E-state index in [0.29, 0.717) is 19.4 Å². The Morgan fingerprint density at radius 1 is 1.34 bits per heavy atom. The monoisotopic (exact) mass is 480 g/mol. The van der Waals surface area contributed by atoms with E-state index in [4.69, 9.17) is 20.8 Å². The van der Waals surface area contributed by atoms with Gasteiger partial charge in [-0.25, -0.2) is 17.6 Å². The van der Waals surface area contributed by atoms with E-state index in [-0.39, 0.29) is 41.3 Å². The molecule has 13 heteroatoms. The Morgan fingerprint density at radius 3 is 2.78 bits per heavy atom. The third-order valence-corrected chi connectivity index (χ3v) is 5.09. The third kappa shape index (κ3) is 6.45. The van der Waals surface area contributed by atoms with Crippen LogP contribution in [0.15, 0.2) is 22.6 Å². The van der Waals surface area contributed by atoms with Gasteiger partial charge >= 0.3 is 6.08 Å². The molecule has 3 rings (SSSR count). The molecule has 1 aromatic carbocycles. The molecule has 0 aliphatic carbocycles. The van der Waals surface area contributed by atoms with Gasteiger partial charge in [0, 0.05) is 18.7 Å². The summed E-state index contributed by atoms with van der Waals surface area (Å²) in [7, 11) is 0. The van der Waals surface area contributed by atoms with Crippen molar-refractivity contribution < 1.29 is 36.2 Å². The molecule has 176 valence electrons. The summed E-state index contributed by atoms with van der Waals surface area (Å²) in [6, 6.07) is 3.30. The van der Waals surface area contributed by atoms with Crippen LogP contribution in [0.1, 0.15) is 31.7 Å². The van der Waals surface area contributed by atoms with Gasteiger partial charge in [-0.3, -0.25) is 4.79 Å². The minimum Gasteiger partial charge on any atom is -0.484 e. The number of carbonyl (C=O) groups is 1. The van der Waals surface area contributed by atoms with Crippen molar-refractivity contribution in [1.29, 1.82) is 0 Å². The number of carbonyl (C=O) groups excluding carboxylic acids is 1. The van der Waals surface area contributed by atoms with Crippen LogP contribution in [-0.4, -0.2) is 48.1 Å². The highest BCUT2D eigenvalue weighted by Gasteiger charge is 2.30. The Labute approximate surface area is 185 Å². The molecule has 2 N–H and O–H groups in total. The van der Waals surface area contributed by atoms with Crippen molar-refractivity contribution in [3.8, 4) is 11.8 Å². The van der Waals surface area contributed by atoms with Crippen molar-refractivity contribution in [2.75, 3.05) is 13.2 Å². The Morgan fingerprint density at radius 2 is 2.12 bits per heavy atom. The molecule has 0 bridgehead atoms. The van der Waals surface area contributed by atoms with Crippen molar-refractivity contribution in [1.82, 2.24) is 20.8 Å². The quantitative estimate of drug-likeness (QED) is 0.531. The normalized spacial score (nSPS) is 20.6. The Balaban J connectivity index is 1.41. The fourth-order valence-corrected chi connectivity index (χ4v) is 3.02. The average Bonchev–Trinajstić information content (AvgIpc) is 3.22. The Hall–Kier alpha value is -2.60. The molecular formula is C19H21ClF4N4O4. The van der Waals surface area contributed by atoms with Crippen molar-refractivity contribution in [3.63, 3.8) is 0 Å². The molecule has 1 amide bonds. The molecule has 1 aromatic heterocycles. The van der Waals surface area contributed by atoms with Crippen LogP contribution in [0, 0.1) is 11.7 Å². The van der Waals surface area contributed by atoms with Gasteiger partial charge in [0.2, 0.25) is 12.3 Å². The fourth-order valence-electron chi connectivity index (χ4n) is 2.90. The van der Waals surface area contributed by atoms with Crippen LogP contribution in [0.4, 0.5) is 17.6 Å². The molecule has 4 atom stereocenters. The van der Waals surface area contributed by atoms with E-state index >= 15 is 0 Å². The number of ether oxygens (including phenoxy) is 2. The molecule has 0 spiro atoms. The van der Waals surface area contributed by atoms with Crippen molar-refractivity contribution in [3.05, 3.63) is 34.9 Å². The number of nitrogens with zero attached hydrogens (tertiary/aromatic N) is 2. The lowest BCUT2D eigenvalue weighted by Gasteiger charge is -2.28. The van der Waals surface area contributed by atoms with Crippen LogP contribution in [0.25, 0.3) is 0 Å².